The molecule has 1 saturated heterocycles. The molecule has 1 unspecified atom stereocenters. The van der Waals surface area contributed by atoms with Crippen molar-refractivity contribution in [3.63, 3.8) is 0 Å². The second-order valence-electron chi connectivity index (χ2n) is 7.70. The predicted molar refractivity (Wildman–Crippen MR) is 82.2 cm³/mol. The number of rotatable bonds is 3. The van der Waals surface area contributed by atoms with Gasteiger partial charge in [-0.3, -0.25) is 0 Å². The summed E-state index contributed by atoms with van der Waals surface area (Å²) in [7, 11) is 0. The van der Waals surface area contributed by atoms with Crippen LogP contribution in [0.3, 0.4) is 0 Å². The first-order chi connectivity index (χ1) is 9.34. The number of nitrogens with one attached hydrogen (secondary N) is 1. The Morgan fingerprint density at radius 1 is 1.00 bits per heavy atom. The van der Waals surface area contributed by atoms with Gasteiger partial charge in [-0.15, -0.1) is 0 Å². The zero-order valence-electron chi connectivity index (χ0n) is 12.9. The fourth-order valence-corrected chi connectivity index (χ4v) is 5.59. The van der Waals surface area contributed by atoms with Crippen LogP contribution in [0.5, 0.6) is 0 Å². The third-order valence-electron chi connectivity index (χ3n) is 6.72. The van der Waals surface area contributed by atoms with E-state index in [9.17, 15) is 0 Å². The molecular weight excluding hydrogens is 230 g/mol. The maximum absolute atomic E-state index is 3.72. The summed E-state index contributed by atoms with van der Waals surface area (Å²) in [6.07, 6.45) is 16.6. The van der Waals surface area contributed by atoms with Crippen LogP contribution in [-0.4, -0.2) is 13.1 Å². The van der Waals surface area contributed by atoms with Gasteiger partial charge < -0.3 is 5.32 Å². The largest absolute Gasteiger partial charge is 0.316 e. The Morgan fingerprint density at radius 2 is 1.74 bits per heavy atom. The molecular formula is C18H33N. The highest BCUT2D eigenvalue weighted by molar-refractivity contribution is 4.98. The Morgan fingerprint density at radius 3 is 2.42 bits per heavy atom. The van der Waals surface area contributed by atoms with Crippen LogP contribution < -0.4 is 5.32 Å². The van der Waals surface area contributed by atoms with Crippen LogP contribution in [0.1, 0.15) is 77.6 Å². The highest BCUT2D eigenvalue weighted by Gasteiger charge is 2.46. The van der Waals surface area contributed by atoms with Gasteiger partial charge in [-0.1, -0.05) is 45.4 Å². The molecule has 1 heterocycles. The summed E-state index contributed by atoms with van der Waals surface area (Å²) in [5, 5.41) is 3.72. The van der Waals surface area contributed by atoms with Gasteiger partial charge in [0.2, 0.25) is 0 Å². The molecule has 3 fully saturated rings. The van der Waals surface area contributed by atoms with E-state index in [1.54, 1.807) is 12.8 Å². The Bertz CT molecular complexity index is 271. The fourth-order valence-electron chi connectivity index (χ4n) is 5.59. The summed E-state index contributed by atoms with van der Waals surface area (Å²) in [5.74, 6) is 3.15. The molecule has 0 amide bonds. The van der Waals surface area contributed by atoms with Crippen molar-refractivity contribution in [2.24, 2.45) is 23.2 Å². The summed E-state index contributed by atoms with van der Waals surface area (Å²) in [4.78, 5) is 0. The Labute approximate surface area is 119 Å². The lowest BCUT2D eigenvalue weighted by atomic mass is 9.57. The Hall–Kier alpha value is -0.0400. The third kappa shape index (κ3) is 2.86. The summed E-state index contributed by atoms with van der Waals surface area (Å²) in [5.41, 5.74) is 0.754. The van der Waals surface area contributed by atoms with Gasteiger partial charge in [0, 0.05) is 0 Å². The summed E-state index contributed by atoms with van der Waals surface area (Å²) < 4.78 is 0. The van der Waals surface area contributed by atoms with Gasteiger partial charge >= 0.3 is 0 Å². The SMILES string of the molecule is CCCC1CCC2(CCNCC2C2CCCC2)CC1. The molecule has 0 aromatic heterocycles. The zero-order valence-corrected chi connectivity index (χ0v) is 12.9. The molecule has 0 bridgehead atoms. The van der Waals surface area contributed by atoms with Crippen LogP contribution in [0.15, 0.2) is 0 Å². The molecule has 110 valence electrons. The van der Waals surface area contributed by atoms with E-state index in [0.717, 1.165) is 23.2 Å². The quantitative estimate of drug-likeness (QED) is 0.774. The van der Waals surface area contributed by atoms with Gasteiger partial charge in [-0.05, 0) is 68.4 Å². The lowest BCUT2D eigenvalue weighted by molar-refractivity contribution is 0.00748. The van der Waals surface area contributed by atoms with Crippen molar-refractivity contribution in [3.8, 4) is 0 Å². The van der Waals surface area contributed by atoms with Crippen molar-refractivity contribution in [2.45, 2.75) is 77.6 Å². The molecule has 1 nitrogen and oxygen atoms in total. The van der Waals surface area contributed by atoms with Gasteiger partial charge in [0.1, 0.15) is 0 Å². The van der Waals surface area contributed by atoms with E-state index in [2.05, 4.69) is 12.2 Å². The number of hydrogen-bond acceptors (Lipinski definition) is 1. The van der Waals surface area contributed by atoms with E-state index in [-0.39, 0.29) is 0 Å². The Kier molecular flexibility index (Phi) is 4.51. The summed E-state index contributed by atoms with van der Waals surface area (Å²) in [6, 6.07) is 0. The monoisotopic (exact) mass is 263 g/mol. The van der Waals surface area contributed by atoms with Crippen molar-refractivity contribution in [1.29, 1.82) is 0 Å². The van der Waals surface area contributed by atoms with E-state index in [4.69, 9.17) is 0 Å². The van der Waals surface area contributed by atoms with Crippen molar-refractivity contribution in [1.82, 2.24) is 5.32 Å². The normalized spacial score (nSPS) is 40.9. The molecule has 0 aromatic rings. The highest BCUT2D eigenvalue weighted by atomic mass is 14.9. The van der Waals surface area contributed by atoms with Crippen LogP contribution in [0, 0.1) is 23.2 Å². The van der Waals surface area contributed by atoms with E-state index < -0.39 is 0 Å². The summed E-state index contributed by atoms with van der Waals surface area (Å²) >= 11 is 0. The van der Waals surface area contributed by atoms with Crippen LogP contribution in [-0.2, 0) is 0 Å². The first-order valence-electron chi connectivity index (χ1n) is 9.05. The maximum atomic E-state index is 3.72. The van der Waals surface area contributed by atoms with Gasteiger partial charge in [0.25, 0.3) is 0 Å². The minimum Gasteiger partial charge on any atom is -0.316 e. The van der Waals surface area contributed by atoms with Crippen LogP contribution in [0.25, 0.3) is 0 Å². The van der Waals surface area contributed by atoms with Gasteiger partial charge in [-0.2, -0.15) is 0 Å². The second kappa shape index (κ2) is 6.16. The molecule has 1 atom stereocenters. The van der Waals surface area contributed by atoms with Gasteiger partial charge in [0.05, 0.1) is 0 Å². The van der Waals surface area contributed by atoms with Crippen molar-refractivity contribution >= 4 is 0 Å². The van der Waals surface area contributed by atoms with Gasteiger partial charge in [-0.25, -0.2) is 0 Å². The Balaban J connectivity index is 1.66. The molecule has 1 heteroatoms. The second-order valence-corrected chi connectivity index (χ2v) is 7.70. The van der Waals surface area contributed by atoms with Crippen molar-refractivity contribution in [2.75, 3.05) is 13.1 Å². The van der Waals surface area contributed by atoms with E-state index in [1.807, 2.05) is 0 Å². The zero-order chi connectivity index (χ0) is 13.1. The molecule has 2 saturated carbocycles. The van der Waals surface area contributed by atoms with Crippen LogP contribution >= 0.6 is 0 Å². The number of piperidine rings is 1. The molecule has 1 aliphatic heterocycles. The lowest BCUT2D eigenvalue weighted by Crippen LogP contribution is -2.49. The summed E-state index contributed by atoms with van der Waals surface area (Å²) in [6.45, 7) is 4.99. The van der Waals surface area contributed by atoms with E-state index in [1.165, 1.54) is 70.9 Å². The van der Waals surface area contributed by atoms with Crippen LogP contribution in [0.4, 0.5) is 0 Å². The first kappa shape index (κ1) is 13.9. The standard InChI is InChI=1S/C18H33N/c1-2-5-15-8-10-18(11-9-15)12-13-19-14-17(18)16-6-3-4-7-16/h15-17,19H,2-14H2,1H3. The van der Waals surface area contributed by atoms with E-state index in [0.29, 0.717) is 0 Å². The molecule has 0 aromatic carbocycles. The predicted octanol–water partition coefficient (Wildman–Crippen LogP) is 4.76. The highest BCUT2D eigenvalue weighted by Crippen LogP contribution is 2.53. The molecule has 0 radical (unpaired) electrons. The minimum absolute atomic E-state index is 0.754. The van der Waals surface area contributed by atoms with E-state index >= 15 is 0 Å². The third-order valence-corrected chi connectivity index (χ3v) is 6.72. The number of hydrogen-bond donors (Lipinski definition) is 1. The van der Waals surface area contributed by atoms with Crippen LogP contribution in [0.2, 0.25) is 0 Å². The maximum Gasteiger partial charge on any atom is -0.00125 e. The minimum atomic E-state index is 0.754. The molecule has 19 heavy (non-hydrogen) atoms. The fraction of sp³-hybridized carbons (Fsp3) is 1.00. The lowest BCUT2D eigenvalue weighted by Gasteiger charge is -2.51. The van der Waals surface area contributed by atoms with Gasteiger partial charge in [0.15, 0.2) is 0 Å². The average Bonchev–Trinajstić information content (AvgIpc) is 2.96. The first-order valence-corrected chi connectivity index (χ1v) is 9.05. The molecule has 2 aliphatic carbocycles. The molecule has 3 aliphatic rings. The van der Waals surface area contributed by atoms with Crippen molar-refractivity contribution < 1.29 is 0 Å². The average molecular weight is 263 g/mol. The molecule has 3 rings (SSSR count). The smallest absolute Gasteiger partial charge is 0.00125 e. The molecule has 1 spiro atoms. The molecule has 1 N–H and O–H groups in total. The van der Waals surface area contributed by atoms with Crippen molar-refractivity contribution in [3.05, 3.63) is 0 Å². The topological polar surface area (TPSA) is 12.0 Å².